The van der Waals surface area contributed by atoms with Crippen molar-refractivity contribution in [2.45, 2.75) is 6.42 Å². The third-order valence-electron chi connectivity index (χ3n) is 2.38. The van der Waals surface area contributed by atoms with E-state index >= 15 is 0 Å². The lowest BCUT2D eigenvalue weighted by Crippen LogP contribution is -1.92. The maximum absolute atomic E-state index is 8.79. The van der Waals surface area contributed by atoms with Crippen molar-refractivity contribution in [2.24, 2.45) is 0 Å². The number of aromatic amines is 1. The highest BCUT2D eigenvalue weighted by molar-refractivity contribution is 5.59. The molecule has 0 aliphatic heterocycles. The number of ether oxygens (including phenoxy) is 1. The van der Waals surface area contributed by atoms with Gasteiger partial charge in [-0.25, -0.2) is 4.98 Å². The van der Waals surface area contributed by atoms with E-state index < -0.39 is 0 Å². The Balaban J connectivity index is 2.21. The summed E-state index contributed by atoms with van der Waals surface area (Å²) in [6.45, 7) is 0.107. The summed E-state index contributed by atoms with van der Waals surface area (Å²) in [6, 6.07) is 7.74. The van der Waals surface area contributed by atoms with Crippen LogP contribution in [0.3, 0.4) is 0 Å². The monoisotopic (exact) mass is 218 g/mol. The minimum Gasteiger partial charge on any atom is -0.497 e. The van der Waals surface area contributed by atoms with Gasteiger partial charge in [0.05, 0.1) is 25.6 Å². The second-order valence-electron chi connectivity index (χ2n) is 3.45. The SMILES string of the molecule is COc1ccc(-c2cnc(CCO)[nH]2)cc1. The van der Waals surface area contributed by atoms with E-state index in [0.29, 0.717) is 6.42 Å². The van der Waals surface area contributed by atoms with Gasteiger partial charge in [-0.15, -0.1) is 0 Å². The van der Waals surface area contributed by atoms with Crippen molar-refractivity contribution in [3.63, 3.8) is 0 Å². The molecular weight excluding hydrogens is 204 g/mol. The van der Waals surface area contributed by atoms with E-state index in [0.717, 1.165) is 22.8 Å². The standard InChI is InChI=1S/C12H14N2O2/c1-16-10-4-2-9(3-5-10)11-8-13-12(14-11)6-7-15/h2-5,8,15H,6-7H2,1H3,(H,13,14). The van der Waals surface area contributed by atoms with Crippen molar-refractivity contribution >= 4 is 0 Å². The average Bonchev–Trinajstić information content (AvgIpc) is 2.78. The molecule has 2 rings (SSSR count). The van der Waals surface area contributed by atoms with Gasteiger partial charge in [-0.2, -0.15) is 0 Å². The number of nitrogens with zero attached hydrogens (tertiary/aromatic N) is 1. The molecule has 0 atom stereocenters. The molecule has 0 aliphatic carbocycles. The van der Waals surface area contributed by atoms with Gasteiger partial charge in [0.2, 0.25) is 0 Å². The number of aromatic nitrogens is 2. The smallest absolute Gasteiger partial charge is 0.118 e. The van der Waals surface area contributed by atoms with Crippen LogP contribution in [-0.4, -0.2) is 28.8 Å². The zero-order chi connectivity index (χ0) is 11.4. The van der Waals surface area contributed by atoms with E-state index in [1.54, 1.807) is 13.3 Å². The number of hydrogen-bond donors (Lipinski definition) is 2. The van der Waals surface area contributed by atoms with Gasteiger partial charge in [0.25, 0.3) is 0 Å². The summed E-state index contributed by atoms with van der Waals surface area (Å²) in [4.78, 5) is 7.33. The molecule has 1 aromatic heterocycles. The maximum atomic E-state index is 8.79. The zero-order valence-electron chi connectivity index (χ0n) is 9.10. The lowest BCUT2D eigenvalue weighted by Gasteiger charge is -2.00. The molecule has 0 amide bonds. The van der Waals surface area contributed by atoms with Crippen LogP contribution in [0.25, 0.3) is 11.3 Å². The van der Waals surface area contributed by atoms with Crippen molar-refractivity contribution in [3.05, 3.63) is 36.3 Å². The molecule has 84 valence electrons. The fraction of sp³-hybridized carbons (Fsp3) is 0.250. The van der Waals surface area contributed by atoms with E-state index in [9.17, 15) is 0 Å². The minimum absolute atomic E-state index is 0.107. The number of hydrogen-bond acceptors (Lipinski definition) is 3. The molecule has 2 aromatic rings. The van der Waals surface area contributed by atoms with Gasteiger partial charge in [0.1, 0.15) is 11.6 Å². The van der Waals surface area contributed by atoms with Crippen LogP contribution in [-0.2, 0) is 6.42 Å². The molecule has 1 heterocycles. The van der Waals surface area contributed by atoms with Crippen LogP contribution in [0.1, 0.15) is 5.82 Å². The minimum atomic E-state index is 0.107. The first kappa shape index (κ1) is 10.7. The molecule has 0 bridgehead atoms. The van der Waals surface area contributed by atoms with E-state index in [2.05, 4.69) is 9.97 Å². The Kier molecular flexibility index (Phi) is 3.22. The molecular formula is C12H14N2O2. The van der Waals surface area contributed by atoms with Crippen molar-refractivity contribution < 1.29 is 9.84 Å². The fourth-order valence-corrected chi connectivity index (χ4v) is 1.51. The molecule has 0 fully saturated rings. The molecule has 0 spiro atoms. The first-order chi connectivity index (χ1) is 7.83. The number of benzene rings is 1. The summed E-state index contributed by atoms with van der Waals surface area (Å²) in [7, 11) is 1.64. The summed E-state index contributed by atoms with van der Waals surface area (Å²) in [6.07, 6.45) is 2.32. The summed E-state index contributed by atoms with van der Waals surface area (Å²) in [5, 5.41) is 8.79. The predicted molar refractivity (Wildman–Crippen MR) is 61.4 cm³/mol. The molecule has 1 aromatic carbocycles. The Bertz CT molecular complexity index is 448. The highest BCUT2D eigenvalue weighted by atomic mass is 16.5. The number of aliphatic hydroxyl groups excluding tert-OH is 1. The average molecular weight is 218 g/mol. The van der Waals surface area contributed by atoms with Gasteiger partial charge in [-0.05, 0) is 29.8 Å². The van der Waals surface area contributed by atoms with E-state index in [4.69, 9.17) is 9.84 Å². The lowest BCUT2D eigenvalue weighted by atomic mass is 10.2. The molecule has 0 aliphatic rings. The normalized spacial score (nSPS) is 10.4. The van der Waals surface area contributed by atoms with Gasteiger partial charge in [-0.1, -0.05) is 0 Å². The van der Waals surface area contributed by atoms with Crippen molar-refractivity contribution in [1.82, 2.24) is 9.97 Å². The van der Waals surface area contributed by atoms with Crippen molar-refractivity contribution in [3.8, 4) is 17.0 Å². The first-order valence-corrected chi connectivity index (χ1v) is 5.12. The predicted octanol–water partition coefficient (Wildman–Crippen LogP) is 1.62. The lowest BCUT2D eigenvalue weighted by molar-refractivity contribution is 0.297. The van der Waals surface area contributed by atoms with Crippen LogP contribution in [0.2, 0.25) is 0 Å². The van der Waals surface area contributed by atoms with Crippen LogP contribution in [0.5, 0.6) is 5.75 Å². The van der Waals surface area contributed by atoms with Gasteiger partial charge in [-0.3, -0.25) is 0 Å². The largest absolute Gasteiger partial charge is 0.497 e. The van der Waals surface area contributed by atoms with Gasteiger partial charge in [0, 0.05) is 6.42 Å². The number of rotatable bonds is 4. The van der Waals surface area contributed by atoms with Gasteiger partial charge >= 0.3 is 0 Å². The number of aliphatic hydroxyl groups is 1. The third kappa shape index (κ3) is 2.23. The Morgan fingerprint density at radius 3 is 2.69 bits per heavy atom. The zero-order valence-corrected chi connectivity index (χ0v) is 9.10. The Labute approximate surface area is 93.9 Å². The Morgan fingerprint density at radius 1 is 1.31 bits per heavy atom. The van der Waals surface area contributed by atoms with Crippen LogP contribution in [0.15, 0.2) is 30.5 Å². The quantitative estimate of drug-likeness (QED) is 0.819. The highest BCUT2D eigenvalue weighted by Crippen LogP contribution is 2.20. The first-order valence-electron chi connectivity index (χ1n) is 5.12. The van der Waals surface area contributed by atoms with Crippen LogP contribution < -0.4 is 4.74 Å². The van der Waals surface area contributed by atoms with Gasteiger partial charge < -0.3 is 14.8 Å². The Hall–Kier alpha value is -1.81. The summed E-state index contributed by atoms with van der Waals surface area (Å²) in [5.74, 6) is 1.63. The molecule has 0 saturated heterocycles. The topological polar surface area (TPSA) is 58.1 Å². The van der Waals surface area contributed by atoms with Crippen LogP contribution in [0, 0.1) is 0 Å². The van der Waals surface area contributed by atoms with E-state index in [1.807, 2.05) is 24.3 Å². The fourth-order valence-electron chi connectivity index (χ4n) is 1.51. The Morgan fingerprint density at radius 2 is 2.06 bits per heavy atom. The number of methoxy groups -OCH3 is 1. The summed E-state index contributed by atoms with van der Waals surface area (Å²) < 4.78 is 5.09. The molecule has 0 saturated carbocycles. The second kappa shape index (κ2) is 4.81. The van der Waals surface area contributed by atoms with Gasteiger partial charge in [0.15, 0.2) is 0 Å². The van der Waals surface area contributed by atoms with E-state index in [1.165, 1.54) is 0 Å². The molecule has 16 heavy (non-hydrogen) atoms. The highest BCUT2D eigenvalue weighted by Gasteiger charge is 2.02. The third-order valence-corrected chi connectivity index (χ3v) is 2.38. The molecule has 0 unspecified atom stereocenters. The molecule has 4 heteroatoms. The summed E-state index contributed by atoms with van der Waals surface area (Å²) in [5.41, 5.74) is 2.00. The van der Waals surface area contributed by atoms with Crippen molar-refractivity contribution in [2.75, 3.05) is 13.7 Å². The maximum Gasteiger partial charge on any atom is 0.118 e. The van der Waals surface area contributed by atoms with Crippen LogP contribution in [0.4, 0.5) is 0 Å². The molecule has 4 nitrogen and oxygen atoms in total. The van der Waals surface area contributed by atoms with Crippen molar-refractivity contribution in [1.29, 1.82) is 0 Å². The van der Waals surface area contributed by atoms with Crippen LogP contribution >= 0.6 is 0 Å². The number of imidazole rings is 1. The van der Waals surface area contributed by atoms with E-state index in [-0.39, 0.29) is 6.61 Å². The number of H-pyrrole nitrogens is 1. The summed E-state index contributed by atoms with van der Waals surface area (Å²) >= 11 is 0. The second-order valence-corrected chi connectivity index (χ2v) is 3.45. The number of nitrogens with one attached hydrogen (secondary N) is 1. The molecule has 0 radical (unpaired) electrons. The molecule has 2 N–H and O–H groups in total.